The van der Waals surface area contributed by atoms with Crippen molar-refractivity contribution >= 4 is 17.2 Å². The van der Waals surface area contributed by atoms with Crippen molar-refractivity contribution in [1.82, 2.24) is 15.6 Å². The zero-order valence-electron chi connectivity index (χ0n) is 13.2. The summed E-state index contributed by atoms with van der Waals surface area (Å²) in [7, 11) is 1.66. The Hall–Kier alpha value is -1.92. The molecule has 1 fully saturated rings. The molecule has 3 rings (SSSR count). The molecule has 0 aliphatic carbocycles. The van der Waals surface area contributed by atoms with Gasteiger partial charge in [-0.3, -0.25) is 4.79 Å². The fourth-order valence-electron chi connectivity index (χ4n) is 2.76. The number of aromatic nitrogens is 1. The number of rotatable bonds is 6. The number of ether oxygens (including phenoxy) is 1. The number of carbonyl (C=O) groups is 1. The van der Waals surface area contributed by atoms with Gasteiger partial charge in [-0.25, -0.2) is 4.98 Å². The van der Waals surface area contributed by atoms with Crippen molar-refractivity contribution in [3.05, 3.63) is 45.9 Å². The van der Waals surface area contributed by atoms with E-state index in [4.69, 9.17) is 4.74 Å². The molecule has 2 N–H and O–H groups in total. The number of para-hydroxylation sites is 1. The number of hydrogen-bond donors (Lipinski definition) is 2. The van der Waals surface area contributed by atoms with E-state index >= 15 is 0 Å². The lowest BCUT2D eigenvalue weighted by Crippen LogP contribution is -2.26. The van der Waals surface area contributed by atoms with E-state index in [9.17, 15) is 4.79 Å². The highest BCUT2D eigenvalue weighted by atomic mass is 32.1. The Kier molecular flexibility index (Phi) is 5.25. The number of amides is 1. The van der Waals surface area contributed by atoms with E-state index in [0.717, 1.165) is 35.7 Å². The van der Waals surface area contributed by atoms with Crippen molar-refractivity contribution < 1.29 is 9.53 Å². The predicted molar refractivity (Wildman–Crippen MR) is 91.1 cm³/mol. The molecule has 2 heterocycles. The molecule has 6 heteroatoms. The van der Waals surface area contributed by atoms with Gasteiger partial charge in [-0.2, -0.15) is 0 Å². The maximum absolute atomic E-state index is 12.2. The third kappa shape index (κ3) is 3.89. The SMILES string of the molecule is COc1ccccc1CCNC(=O)c1csc(C2CCCN2)n1. The summed E-state index contributed by atoms with van der Waals surface area (Å²) in [6.07, 6.45) is 3.00. The second-order valence-corrected chi connectivity index (χ2v) is 6.43. The predicted octanol–water partition coefficient (Wildman–Crippen LogP) is 2.55. The molecule has 0 saturated carbocycles. The topological polar surface area (TPSA) is 63.2 Å². The smallest absolute Gasteiger partial charge is 0.270 e. The van der Waals surface area contributed by atoms with E-state index in [2.05, 4.69) is 15.6 Å². The van der Waals surface area contributed by atoms with Gasteiger partial charge in [-0.1, -0.05) is 18.2 Å². The van der Waals surface area contributed by atoms with Crippen molar-refractivity contribution in [3.63, 3.8) is 0 Å². The van der Waals surface area contributed by atoms with Crippen LogP contribution in [0.4, 0.5) is 0 Å². The van der Waals surface area contributed by atoms with Crippen LogP contribution in [-0.4, -0.2) is 31.1 Å². The van der Waals surface area contributed by atoms with Crippen LogP contribution in [0.3, 0.4) is 0 Å². The second-order valence-electron chi connectivity index (χ2n) is 5.54. The number of hydrogen-bond acceptors (Lipinski definition) is 5. The molecule has 0 bridgehead atoms. The zero-order valence-corrected chi connectivity index (χ0v) is 14.0. The van der Waals surface area contributed by atoms with E-state index in [1.807, 2.05) is 29.6 Å². The highest BCUT2D eigenvalue weighted by Crippen LogP contribution is 2.25. The molecule has 1 aromatic carbocycles. The lowest BCUT2D eigenvalue weighted by Gasteiger charge is -2.08. The molecule has 1 unspecified atom stereocenters. The lowest BCUT2D eigenvalue weighted by atomic mass is 10.1. The largest absolute Gasteiger partial charge is 0.496 e. The van der Waals surface area contributed by atoms with Gasteiger partial charge in [-0.05, 0) is 37.4 Å². The molecule has 1 saturated heterocycles. The molecule has 1 aliphatic rings. The standard InChI is InChI=1S/C17H21N3O2S/c1-22-15-7-3-2-5-12(15)8-10-19-16(21)14-11-23-17(20-14)13-6-4-9-18-13/h2-3,5,7,11,13,18H,4,6,8-10H2,1H3,(H,19,21). The van der Waals surface area contributed by atoms with Crippen LogP contribution in [0, 0.1) is 0 Å². The summed E-state index contributed by atoms with van der Waals surface area (Å²) >= 11 is 1.56. The van der Waals surface area contributed by atoms with Crippen LogP contribution in [0.2, 0.25) is 0 Å². The summed E-state index contributed by atoms with van der Waals surface area (Å²) in [5.74, 6) is 0.741. The normalized spacial score (nSPS) is 17.2. The monoisotopic (exact) mass is 331 g/mol. The third-order valence-corrected chi connectivity index (χ3v) is 4.94. The first-order valence-electron chi connectivity index (χ1n) is 7.87. The van der Waals surface area contributed by atoms with Gasteiger partial charge in [-0.15, -0.1) is 11.3 Å². The molecule has 2 aromatic rings. The Morgan fingerprint density at radius 3 is 3.13 bits per heavy atom. The van der Waals surface area contributed by atoms with Crippen LogP contribution in [0.5, 0.6) is 5.75 Å². The summed E-state index contributed by atoms with van der Waals surface area (Å²) in [5, 5.41) is 9.19. The molecule has 1 aliphatic heterocycles. The summed E-state index contributed by atoms with van der Waals surface area (Å²) in [5.41, 5.74) is 1.60. The van der Waals surface area contributed by atoms with Gasteiger partial charge in [0.25, 0.3) is 5.91 Å². The summed E-state index contributed by atoms with van der Waals surface area (Å²) < 4.78 is 5.32. The summed E-state index contributed by atoms with van der Waals surface area (Å²) in [4.78, 5) is 16.7. The highest BCUT2D eigenvalue weighted by molar-refractivity contribution is 7.09. The average molecular weight is 331 g/mol. The van der Waals surface area contributed by atoms with E-state index in [-0.39, 0.29) is 5.91 Å². The summed E-state index contributed by atoms with van der Waals surface area (Å²) in [6, 6.07) is 8.17. The van der Waals surface area contributed by atoms with E-state index in [1.165, 1.54) is 6.42 Å². The van der Waals surface area contributed by atoms with Crippen molar-refractivity contribution in [2.45, 2.75) is 25.3 Å². The Morgan fingerprint density at radius 2 is 2.35 bits per heavy atom. The third-order valence-electron chi connectivity index (χ3n) is 3.99. The molecule has 5 nitrogen and oxygen atoms in total. The zero-order chi connectivity index (χ0) is 16.1. The van der Waals surface area contributed by atoms with E-state index in [1.54, 1.807) is 18.4 Å². The van der Waals surface area contributed by atoms with Gasteiger partial charge in [0.05, 0.1) is 13.2 Å². The van der Waals surface area contributed by atoms with Gasteiger partial charge in [0.1, 0.15) is 16.5 Å². The van der Waals surface area contributed by atoms with E-state index < -0.39 is 0 Å². The Balaban J connectivity index is 1.53. The highest BCUT2D eigenvalue weighted by Gasteiger charge is 2.20. The van der Waals surface area contributed by atoms with Crippen molar-refractivity contribution in [3.8, 4) is 5.75 Å². The minimum absolute atomic E-state index is 0.111. The van der Waals surface area contributed by atoms with Crippen molar-refractivity contribution in [2.75, 3.05) is 20.2 Å². The van der Waals surface area contributed by atoms with Gasteiger partial charge in [0.15, 0.2) is 0 Å². The molecule has 1 amide bonds. The molecule has 0 spiro atoms. The summed E-state index contributed by atoms with van der Waals surface area (Å²) in [6.45, 7) is 1.60. The minimum Gasteiger partial charge on any atom is -0.496 e. The number of carbonyl (C=O) groups excluding carboxylic acids is 1. The lowest BCUT2D eigenvalue weighted by molar-refractivity contribution is 0.0949. The van der Waals surface area contributed by atoms with Crippen LogP contribution < -0.4 is 15.4 Å². The molecule has 122 valence electrons. The maximum Gasteiger partial charge on any atom is 0.270 e. The first-order valence-corrected chi connectivity index (χ1v) is 8.75. The van der Waals surface area contributed by atoms with Crippen LogP contribution in [0.25, 0.3) is 0 Å². The molecule has 1 aromatic heterocycles. The molecular formula is C17H21N3O2S. The molecular weight excluding hydrogens is 310 g/mol. The van der Waals surface area contributed by atoms with Gasteiger partial charge in [0, 0.05) is 11.9 Å². The average Bonchev–Trinajstić information content (AvgIpc) is 3.26. The number of thiazole rings is 1. The fraction of sp³-hybridized carbons (Fsp3) is 0.412. The first-order chi connectivity index (χ1) is 11.3. The maximum atomic E-state index is 12.2. The molecule has 23 heavy (non-hydrogen) atoms. The number of methoxy groups -OCH3 is 1. The number of benzene rings is 1. The van der Waals surface area contributed by atoms with Crippen LogP contribution in [0.15, 0.2) is 29.6 Å². The number of nitrogens with one attached hydrogen (secondary N) is 2. The number of nitrogens with zero attached hydrogens (tertiary/aromatic N) is 1. The first kappa shape index (κ1) is 16.0. The minimum atomic E-state index is -0.111. The Bertz CT molecular complexity index is 665. The van der Waals surface area contributed by atoms with Crippen LogP contribution >= 0.6 is 11.3 Å². The van der Waals surface area contributed by atoms with Gasteiger partial charge in [0.2, 0.25) is 0 Å². The van der Waals surface area contributed by atoms with Crippen LogP contribution in [0.1, 0.15) is 39.9 Å². The van der Waals surface area contributed by atoms with Gasteiger partial charge < -0.3 is 15.4 Å². The van der Waals surface area contributed by atoms with E-state index in [0.29, 0.717) is 18.3 Å². The fourth-order valence-corrected chi connectivity index (χ4v) is 3.67. The Labute approximate surface area is 140 Å². The second kappa shape index (κ2) is 7.57. The Morgan fingerprint density at radius 1 is 1.48 bits per heavy atom. The molecule has 1 atom stereocenters. The van der Waals surface area contributed by atoms with Crippen molar-refractivity contribution in [2.24, 2.45) is 0 Å². The van der Waals surface area contributed by atoms with Crippen molar-refractivity contribution in [1.29, 1.82) is 0 Å². The quantitative estimate of drug-likeness (QED) is 0.854. The molecule has 0 radical (unpaired) electrons. The van der Waals surface area contributed by atoms with Gasteiger partial charge >= 0.3 is 0 Å². The van der Waals surface area contributed by atoms with Crippen LogP contribution in [-0.2, 0) is 6.42 Å².